The van der Waals surface area contributed by atoms with Crippen LogP contribution in [-0.2, 0) is 0 Å². The van der Waals surface area contributed by atoms with Crippen molar-refractivity contribution in [3.63, 3.8) is 0 Å². The summed E-state index contributed by atoms with van der Waals surface area (Å²) in [5.41, 5.74) is 1.28. The maximum absolute atomic E-state index is 6.00. The minimum Gasteiger partial charge on any atom is -0.490 e. The maximum atomic E-state index is 6.00. The fourth-order valence-electron chi connectivity index (χ4n) is 2.32. The zero-order chi connectivity index (χ0) is 11.4. The van der Waals surface area contributed by atoms with E-state index in [0.29, 0.717) is 12.1 Å². The molecule has 0 heterocycles. The van der Waals surface area contributed by atoms with Crippen LogP contribution < -0.4 is 10.1 Å². The molecule has 2 atom stereocenters. The van der Waals surface area contributed by atoms with E-state index >= 15 is 0 Å². The van der Waals surface area contributed by atoms with Gasteiger partial charge in [0.1, 0.15) is 11.9 Å². The van der Waals surface area contributed by atoms with Crippen molar-refractivity contribution < 1.29 is 4.74 Å². The van der Waals surface area contributed by atoms with Crippen LogP contribution in [0.25, 0.3) is 0 Å². The summed E-state index contributed by atoms with van der Waals surface area (Å²) in [4.78, 5) is 0. The lowest BCUT2D eigenvalue weighted by Crippen LogP contribution is -2.36. The van der Waals surface area contributed by atoms with Gasteiger partial charge in [0.25, 0.3) is 0 Å². The Balaban J connectivity index is 1.91. The Bertz CT molecular complexity index is 320. The minimum atomic E-state index is 0.383. The third kappa shape index (κ3) is 2.99. The molecule has 2 rings (SSSR count). The largest absolute Gasteiger partial charge is 0.490 e. The summed E-state index contributed by atoms with van der Waals surface area (Å²) in [7, 11) is 2.04. The first-order valence-corrected chi connectivity index (χ1v) is 6.18. The van der Waals surface area contributed by atoms with Crippen LogP contribution >= 0.6 is 0 Å². The van der Waals surface area contributed by atoms with Crippen LogP contribution in [0.4, 0.5) is 0 Å². The van der Waals surface area contributed by atoms with E-state index in [2.05, 4.69) is 36.5 Å². The van der Waals surface area contributed by atoms with Crippen molar-refractivity contribution in [1.29, 1.82) is 0 Å². The van der Waals surface area contributed by atoms with Crippen LogP contribution in [0, 0.1) is 6.92 Å². The third-order valence-electron chi connectivity index (χ3n) is 3.36. The molecule has 1 N–H and O–H groups in total. The van der Waals surface area contributed by atoms with Crippen molar-refractivity contribution in [3.05, 3.63) is 29.8 Å². The lowest BCUT2D eigenvalue weighted by atomic mass is 9.93. The lowest BCUT2D eigenvalue weighted by molar-refractivity contribution is 0.137. The van der Waals surface area contributed by atoms with Gasteiger partial charge in [0.15, 0.2) is 0 Å². The number of nitrogens with one attached hydrogen (secondary N) is 1. The van der Waals surface area contributed by atoms with E-state index in [1.807, 2.05) is 7.05 Å². The molecule has 1 saturated carbocycles. The highest BCUT2D eigenvalue weighted by Gasteiger charge is 2.21. The monoisotopic (exact) mass is 219 g/mol. The molecule has 0 radical (unpaired) electrons. The maximum Gasteiger partial charge on any atom is 0.119 e. The molecule has 1 aliphatic carbocycles. The number of hydrogen-bond donors (Lipinski definition) is 1. The normalized spacial score (nSPS) is 25.4. The Morgan fingerprint density at radius 2 is 1.94 bits per heavy atom. The highest BCUT2D eigenvalue weighted by atomic mass is 16.5. The molecule has 1 aromatic rings. The topological polar surface area (TPSA) is 21.3 Å². The van der Waals surface area contributed by atoms with E-state index in [1.54, 1.807) is 0 Å². The highest BCUT2D eigenvalue weighted by Crippen LogP contribution is 2.23. The van der Waals surface area contributed by atoms with Crippen molar-refractivity contribution in [1.82, 2.24) is 5.32 Å². The minimum absolute atomic E-state index is 0.383. The van der Waals surface area contributed by atoms with Crippen molar-refractivity contribution in [3.8, 4) is 5.75 Å². The summed E-state index contributed by atoms with van der Waals surface area (Å²) >= 11 is 0. The molecule has 1 fully saturated rings. The second kappa shape index (κ2) is 5.35. The van der Waals surface area contributed by atoms with Gasteiger partial charge < -0.3 is 10.1 Å². The van der Waals surface area contributed by atoms with Crippen molar-refractivity contribution in [2.75, 3.05) is 7.05 Å². The van der Waals surface area contributed by atoms with Crippen molar-refractivity contribution in [2.24, 2.45) is 0 Å². The van der Waals surface area contributed by atoms with Crippen LogP contribution in [0.15, 0.2) is 24.3 Å². The number of aryl methyl sites for hydroxylation is 1. The first-order chi connectivity index (χ1) is 7.78. The summed E-state index contributed by atoms with van der Waals surface area (Å²) in [6.45, 7) is 2.10. The van der Waals surface area contributed by atoms with E-state index in [9.17, 15) is 0 Å². The molecule has 0 saturated heterocycles. The van der Waals surface area contributed by atoms with Gasteiger partial charge in [-0.1, -0.05) is 17.7 Å². The van der Waals surface area contributed by atoms with Crippen LogP contribution in [0.3, 0.4) is 0 Å². The number of hydrogen-bond acceptors (Lipinski definition) is 2. The molecule has 2 heteroatoms. The molecule has 0 aliphatic heterocycles. The van der Waals surface area contributed by atoms with Gasteiger partial charge in [-0.05, 0) is 51.8 Å². The summed E-state index contributed by atoms with van der Waals surface area (Å²) in [5.74, 6) is 1.01. The van der Waals surface area contributed by atoms with Crippen LogP contribution in [0.2, 0.25) is 0 Å². The molecule has 0 aromatic heterocycles. The molecule has 0 bridgehead atoms. The van der Waals surface area contributed by atoms with Gasteiger partial charge in [-0.3, -0.25) is 0 Å². The predicted octanol–water partition coefficient (Wildman–Crippen LogP) is 2.90. The summed E-state index contributed by atoms with van der Waals surface area (Å²) < 4.78 is 6.00. The van der Waals surface area contributed by atoms with Gasteiger partial charge in [0.05, 0.1) is 0 Å². The molecule has 1 aliphatic rings. The number of rotatable bonds is 3. The van der Waals surface area contributed by atoms with E-state index in [0.717, 1.165) is 12.2 Å². The number of ether oxygens (including phenoxy) is 1. The van der Waals surface area contributed by atoms with Gasteiger partial charge in [-0.25, -0.2) is 0 Å². The molecule has 0 spiro atoms. The van der Waals surface area contributed by atoms with Crippen molar-refractivity contribution >= 4 is 0 Å². The Kier molecular flexibility index (Phi) is 3.83. The molecule has 16 heavy (non-hydrogen) atoms. The Morgan fingerprint density at radius 1 is 1.19 bits per heavy atom. The molecule has 2 nitrogen and oxygen atoms in total. The van der Waals surface area contributed by atoms with Gasteiger partial charge in [-0.2, -0.15) is 0 Å². The molecular formula is C14H21NO. The molecule has 0 amide bonds. The smallest absolute Gasteiger partial charge is 0.119 e. The van der Waals surface area contributed by atoms with E-state index < -0.39 is 0 Å². The van der Waals surface area contributed by atoms with Crippen molar-refractivity contribution in [2.45, 2.75) is 44.8 Å². The second-order valence-electron chi connectivity index (χ2n) is 4.71. The highest BCUT2D eigenvalue weighted by molar-refractivity contribution is 5.26. The van der Waals surface area contributed by atoms with E-state index in [4.69, 9.17) is 4.74 Å². The van der Waals surface area contributed by atoms with Gasteiger partial charge in [0, 0.05) is 6.04 Å². The Labute approximate surface area is 98.0 Å². The fourth-order valence-corrected chi connectivity index (χ4v) is 2.32. The quantitative estimate of drug-likeness (QED) is 0.844. The standard InChI is InChI=1S/C14H21NO/c1-11-6-8-13(9-7-11)16-14-5-3-4-12(10-14)15-2/h6-9,12,14-15H,3-5,10H2,1-2H3. The molecule has 1 aromatic carbocycles. The summed E-state index contributed by atoms with van der Waals surface area (Å²) in [5, 5.41) is 3.35. The molecule has 88 valence electrons. The second-order valence-corrected chi connectivity index (χ2v) is 4.71. The van der Waals surface area contributed by atoms with Gasteiger partial charge in [-0.15, -0.1) is 0 Å². The SMILES string of the molecule is CNC1CCCC(Oc2ccc(C)cc2)C1. The summed E-state index contributed by atoms with van der Waals surface area (Å²) in [6.07, 6.45) is 5.25. The molecule has 2 unspecified atom stereocenters. The van der Waals surface area contributed by atoms with E-state index in [-0.39, 0.29) is 0 Å². The Morgan fingerprint density at radius 3 is 2.62 bits per heavy atom. The van der Waals surface area contributed by atoms with Crippen LogP contribution in [0.5, 0.6) is 5.75 Å². The average molecular weight is 219 g/mol. The third-order valence-corrected chi connectivity index (χ3v) is 3.36. The zero-order valence-electron chi connectivity index (χ0n) is 10.2. The summed E-state index contributed by atoms with van der Waals surface area (Å²) in [6, 6.07) is 8.97. The number of benzene rings is 1. The zero-order valence-corrected chi connectivity index (χ0v) is 10.2. The lowest BCUT2D eigenvalue weighted by Gasteiger charge is -2.29. The van der Waals surface area contributed by atoms with Crippen LogP contribution in [-0.4, -0.2) is 19.2 Å². The average Bonchev–Trinajstić information content (AvgIpc) is 2.32. The van der Waals surface area contributed by atoms with E-state index in [1.165, 1.54) is 24.8 Å². The first kappa shape index (κ1) is 11.5. The van der Waals surface area contributed by atoms with Gasteiger partial charge >= 0.3 is 0 Å². The predicted molar refractivity (Wildman–Crippen MR) is 66.9 cm³/mol. The van der Waals surface area contributed by atoms with Crippen LogP contribution in [0.1, 0.15) is 31.2 Å². The first-order valence-electron chi connectivity index (χ1n) is 6.18. The van der Waals surface area contributed by atoms with Gasteiger partial charge in [0.2, 0.25) is 0 Å². The molecular weight excluding hydrogens is 198 g/mol. The Hall–Kier alpha value is -1.02. The fraction of sp³-hybridized carbons (Fsp3) is 0.571.